The Morgan fingerprint density at radius 3 is 2.89 bits per heavy atom. The van der Waals surface area contributed by atoms with E-state index in [1.165, 1.54) is 0 Å². The molecule has 18 heavy (non-hydrogen) atoms. The van der Waals surface area contributed by atoms with E-state index >= 15 is 0 Å². The van der Waals surface area contributed by atoms with Crippen molar-refractivity contribution in [3.05, 3.63) is 36.1 Å². The molecule has 1 aromatic carbocycles. The predicted molar refractivity (Wildman–Crippen MR) is 70.3 cm³/mol. The third kappa shape index (κ3) is 2.54. The zero-order valence-electron chi connectivity index (χ0n) is 10.7. The predicted octanol–water partition coefficient (Wildman–Crippen LogP) is 3.15. The quantitative estimate of drug-likeness (QED) is 0.880. The fourth-order valence-corrected chi connectivity index (χ4v) is 1.90. The van der Waals surface area contributed by atoms with E-state index in [2.05, 4.69) is 12.1 Å². The monoisotopic (exact) mass is 246 g/mol. The maximum Gasteiger partial charge on any atom is 0.154 e. The minimum Gasteiger partial charge on any atom is -0.496 e. The number of methoxy groups -OCH3 is 1. The number of nitrogens with two attached hydrogens (primary N) is 1. The molecule has 4 nitrogen and oxygen atoms in total. The molecule has 0 amide bonds. The van der Waals surface area contributed by atoms with Gasteiger partial charge in [0.2, 0.25) is 0 Å². The number of ether oxygens (including phenoxy) is 1. The van der Waals surface area contributed by atoms with E-state index in [-0.39, 0.29) is 6.04 Å². The van der Waals surface area contributed by atoms with Crippen LogP contribution in [0.15, 0.2) is 34.9 Å². The van der Waals surface area contributed by atoms with Crippen molar-refractivity contribution in [2.75, 3.05) is 7.11 Å². The lowest BCUT2D eigenvalue weighted by molar-refractivity contribution is 0.356. The molecule has 0 spiro atoms. The summed E-state index contributed by atoms with van der Waals surface area (Å²) in [6, 6.07) is 9.51. The summed E-state index contributed by atoms with van der Waals surface area (Å²) < 4.78 is 10.6. The van der Waals surface area contributed by atoms with Gasteiger partial charge in [-0.2, -0.15) is 0 Å². The van der Waals surface area contributed by atoms with Crippen molar-refractivity contribution in [2.45, 2.75) is 25.8 Å². The van der Waals surface area contributed by atoms with E-state index in [1.807, 2.05) is 30.3 Å². The zero-order valence-corrected chi connectivity index (χ0v) is 10.7. The summed E-state index contributed by atoms with van der Waals surface area (Å²) in [4.78, 5) is 0. The Hall–Kier alpha value is -1.81. The molecular weight excluding hydrogens is 228 g/mol. The Bertz CT molecular complexity index is 508. The average Bonchev–Trinajstić information content (AvgIpc) is 2.88. The summed E-state index contributed by atoms with van der Waals surface area (Å²) in [7, 11) is 1.64. The number of rotatable bonds is 5. The Balaban J connectivity index is 2.29. The molecule has 2 rings (SSSR count). The van der Waals surface area contributed by atoms with Crippen LogP contribution in [0.25, 0.3) is 11.3 Å². The number of nitrogens with zero attached hydrogens (tertiary/aromatic N) is 1. The third-order valence-electron chi connectivity index (χ3n) is 2.88. The lowest BCUT2D eigenvalue weighted by atomic mass is 10.1. The number of hydrogen-bond donors (Lipinski definition) is 1. The Kier molecular flexibility index (Phi) is 3.99. The van der Waals surface area contributed by atoms with Gasteiger partial charge in [0.05, 0.1) is 13.2 Å². The minimum absolute atomic E-state index is 0.0917. The van der Waals surface area contributed by atoms with Gasteiger partial charge in [-0.15, -0.1) is 0 Å². The maximum atomic E-state index is 6.00. The summed E-state index contributed by atoms with van der Waals surface area (Å²) in [5, 5.41) is 4.06. The lowest BCUT2D eigenvalue weighted by Gasteiger charge is -2.04. The van der Waals surface area contributed by atoms with Crippen LogP contribution in [0.4, 0.5) is 0 Å². The van der Waals surface area contributed by atoms with Crippen molar-refractivity contribution >= 4 is 0 Å². The highest BCUT2D eigenvalue weighted by molar-refractivity contribution is 5.66. The topological polar surface area (TPSA) is 61.3 Å². The molecule has 0 radical (unpaired) electrons. The van der Waals surface area contributed by atoms with Crippen LogP contribution in [0.1, 0.15) is 31.6 Å². The maximum absolute atomic E-state index is 6.00. The average molecular weight is 246 g/mol. The largest absolute Gasteiger partial charge is 0.496 e. The number of hydrogen-bond acceptors (Lipinski definition) is 4. The lowest BCUT2D eigenvalue weighted by Crippen LogP contribution is -2.08. The van der Waals surface area contributed by atoms with Gasteiger partial charge in [-0.3, -0.25) is 0 Å². The van der Waals surface area contributed by atoms with Gasteiger partial charge in [-0.25, -0.2) is 0 Å². The molecule has 0 saturated carbocycles. The van der Waals surface area contributed by atoms with E-state index < -0.39 is 0 Å². The van der Waals surface area contributed by atoms with E-state index in [9.17, 15) is 0 Å². The number of aromatic nitrogens is 1. The van der Waals surface area contributed by atoms with Gasteiger partial charge < -0.3 is 15.0 Å². The molecule has 0 bridgehead atoms. The molecule has 96 valence electrons. The van der Waals surface area contributed by atoms with Gasteiger partial charge >= 0.3 is 0 Å². The summed E-state index contributed by atoms with van der Waals surface area (Å²) in [5.74, 6) is 1.50. The van der Waals surface area contributed by atoms with Crippen molar-refractivity contribution in [2.24, 2.45) is 5.73 Å². The van der Waals surface area contributed by atoms with Crippen LogP contribution in [0.5, 0.6) is 5.75 Å². The first-order valence-electron chi connectivity index (χ1n) is 6.11. The van der Waals surface area contributed by atoms with Crippen LogP contribution in [0.3, 0.4) is 0 Å². The van der Waals surface area contributed by atoms with E-state index in [1.54, 1.807) is 7.11 Å². The molecule has 0 aliphatic heterocycles. The number of para-hydroxylation sites is 1. The Morgan fingerprint density at radius 1 is 1.39 bits per heavy atom. The van der Waals surface area contributed by atoms with Crippen LogP contribution in [-0.4, -0.2) is 12.3 Å². The normalized spacial score (nSPS) is 12.4. The molecule has 0 saturated heterocycles. The SMILES string of the molecule is CCCC(N)c1cc(-c2ccccc2OC)no1. The Labute approximate surface area is 107 Å². The summed E-state index contributed by atoms with van der Waals surface area (Å²) in [5.41, 5.74) is 7.68. The molecule has 0 aliphatic carbocycles. The fraction of sp³-hybridized carbons (Fsp3) is 0.357. The van der Waals surface area contributed by atoms with Crippen LogP contribution in [0, 0.1) is 0 Å². The fourth-order valence-electron chi connectivity index (χ4n) is 1.90. The second-order valence-electron chi connectivity index (χ2n) is 4.21. The van der Waals surface area contributed by atoms with Gasteiger partial charge in [0.15, 0.2) is 5.76 Å². The van der Waals surface area contributed by atoms with Gasteiger partial charge in [0, 0.05) is 11.6 Å². The second-order valence-corrected chi connectivity index (χ2v) is 4.21. The van der Waals surface area contributed by atoms with Crippen molar-refractivity contribution < 1.29 is 9.26 Å². The first-order chi connectivity index (χ1) is 8.76. The van der Waals surface area contributed by atoms with Crippen molar-refractivity contribution in [1.82, 2.24) is 5.16 Å². The molecule has 0 aliphatic rings. The Morgan fingerprint density at radius 2 is 2.17 bits per heavy atom. The van der Waals surface area contributed by atoms with Gasteiger partial charge in [0.25, 0.3) is 0 Å². The van der Waals surface area contributed by atoms with Gasteiger partial charge in [-0.1, -0.05) is 30.6 Å². The second kappa shape index (κ2) is 5.69. The number of benzene rings is 1. The highest BCUT2D eigenvalue weighted by Crippen LogP contribution is 2.30. The summed E-state index contributed by atoms with van der Waals surface area (Å²) in [6.07, 6.45) is 1.91. The smallest absolute Gasteiger partial charge is 0.154 e. The highest BCUT2D eigenvalue weighted by atomic mass is 16.5. The molecule has 2 N–H and O–H groups in total. The van der Waals surface area contributed by atoms with Crippen LogP contribution >= 0.6 is 0 Å². The first kappa shape index (κ1) is 12.6. The molecule has 0 fully saturated rings. The van der Waals surface area contributed by atoms with Crippen LogP contribution in [0.2, 0.25) is 0 Å². The van der Waals surface area contributed by atoms with Crippen LogP contribution < -0.4 is 10.5 Å². The third-order valence-corrected chi connectivity index (χ3v) is 2.88. The molecule has 1 heterocycles. The van der Waals surface area contributed by atoms with Crippen LogP contribution in [-0.2, 0) is 0 Å². The van der Waals surface area contributed by atoms with Gasteiger partial charge in [-0.05, 0) is 18.6 Å². The molecule has 1 atom stereocenters. The van der Waals surface area contributed by atoms with E-state index in [0.29, 0.717) is 0 Å². The van der Waals surface area contributed by atoms with Crippen molar-refractivity contribution in [3.63, 3.8) is 0 Å². The minimum atomic E-state index is -0.0917. The first-order valence-corrected chi connectivity index (χ1v) is 6.11. The van der Waals surface area contributed by atoms with Crippen molar-refractivity contribution in [3.8, 4) is 17.0 Å². The molecule has 1 unspecified atom stereocenters. The molecular formula is C14H18N2O2. The van der Waals surface area contributed by atoms with Gasteiger partial charge in [0.1, 0.15) is 11.4 Å². The molecule has 1 aromatic heterocycles. The summed E-state index contributed by atoms with van der Waals surface area (Å²) >= 11 is 0. The standard InChI is InChI=1S/C14H18N2O2/c1-3-6-11(15)14-9-12(16-18-14)10-7-4-5-8-13(10)17-2/h4-5,7-9,11H,3,6,15H2,1-2H3. The van der Waals surface area contributed by atoms with E-state index in [0.717, 1.165) is 35.6 Å². The molecule has 2 aromatic rings. The molecule has 4 heteroatoms. The summed E-state index contributed by atoms with van der Waals surface area (Å²) in [6.45, 7) is 2.09. The van der Waals surface area contributed by atoms with Crippen molar-refractivity contribution in [1.29, 1.82) is 0 Å². The zero-order chi connectivity index (χ0) is 13.0. The van der Waals surface area contributed by atoms with E-state index in [4.69, 9.17) is 15.0 Å². The highest BCUT2D eigenvalue weighted by Gasteiger charge is 2.14.